The lowest BCUT2D eigenvalue weighted by atomic mass is 10.2. The van der Waals surface area contributed by atoms with Crippen molar-refractivity contribution in [2.24, 2.45) is 0 Å². The summed E-state index contributed by atoms with van der Waals surface area (Å²) in [5.74, 6) is -1.21. The van der Waals surface area contributed by atoms with Gasteiger partial charge in [-0.1, -0.05) is 20.8 Å². The second-order valence-corrected chi connectivity index (χ2v) is 18.0. The monoisotopic (exact) mass is 788 g/mol. The first-order chi connectivity index (χ1) is 25.6. The molecule has 316 valence electrons. The van der Waals surface area contributed by atoms with Crippen LogP contribution < -0.4 is 0 Å². The molecule has 0 unspecified atom stereocenters. The molecule has 0 aliphatic heterocycles. The van der Waals surface area contributed by atoms with Crippen LogP contribution in [0.4, 0.5) is 0 Å². The highest BCUT2D eigenvalue weighted by atomic mass is 28.4. The number of ether oxygens (including phenoxy) is 12. The minimum Gasteiger partial charge on any atom is -0.481 e. The Morgan fingerprint density at radius 1 is 0.415 bits per heavy atom. The van der Waals surface area contributed by atoms with Crippen LogP contribution in [0.3, 0.4) is 0 Å². The fourth-order valence-electron chi connectivity index (χ4n) is 3.71. The van der Waals surface area contributed by atoms with Crippen molar-refractivity contribution in [3.05, 3.63) is 0 Å². The van der Waals surface area contributed by atoms with Gasteiger partial charge >= 0.3 is 11.9 Å². The van der Waals surface area contributed by atoms with Crippen LogP contribution in [0.25, 0.3) is 0 Å². The van der Waals surface area contributed by atoms with Gasteiger partial charge in [0.05, 0.1) is 152 Å². The first-order valence-electron chi connectivity index (χ1n) is 18.9. The van der Waals surface area contributed by atoms with E-state index < -0.39 is 14.3 Å². The van der Waals surface area contributed by atoms with Crippen LogP contribution in [-0.2, 0) is 70.9 Å². The maximum absolute atomic E-state index is 11.5. The molecular formula is C36H72O16Si. The molecule has 0 aliphatic rings. The Bertz CT molecular complexity index is 815. The Morgan fingerprint density at radius 2 is 0.660 bits per heavy atom. The number of unbranched alkanes of at least 4 members (excludes halogenated alkanes) is 1. The summed E-state index contributed by atoms with van der Waals surface area (Å²) in [6.45, 7) is 22.5. The first-order valence-corrected chi connectivity index (χ1v) is 21.8. The van der Waals surface area contributed by atoms with Gasteiger partial charge in [0.1, 0.15) is 6.61 Å². The zero-order valence-corrected chi connectivity index (χ0v) is 34.4. The molecule has 0 spiro atoms. The van der Waals surface area contributed by atoms with E-state index in [-0.39, 0.29) is 37.1 Å². The molecule has 0 fully saturated rings. The molecule has 16 nitrogen and oxygen atoms in total. The summed E-state index contributed by atoms with van der Waals surface area (Å²) < 4.78 is 71.3. The van der Waals surface area contributed by atoms with E-state index in [9.17, 15) is 9.59 Å². The van der Waals surface area contributed by atoms with E-state index in [0.717, 1.165) is 0 Å². The van der Waals surface area contributed by atoms with Gasteiger partial charge in [0, 0.05) is 12.8 Å². The van der Waals surface area contributed by atoms with Gasteiger partial charge in [0.25, 0.3) is 0 Å². The number of carbonyl (C=O) groups excluding carboxylic acids is 1. The topological polar surface area (TPSA) is 174 Å². The van der Waals surface area contributed by atoms with Crippen molar-refractivity contribution < 1.29 is 76.0 Å². The largest absolute Gasteiger partial charge is 0.481 e. The van der Waals surface area contributed by atoms with E-state index in [1.54, 1.807) is 0 Å². The SMILES string of the molecule is CC(C)(C)[Si](C)(C)OCCOCCOCCOCCOCCOCCOCCOCCOCCOCCOCCOCCOC(=O)CCCCC(=O)O. The first kappa shape index (κ1) is 51.7. The number of aliphatic carboxylic acids is 1. The van der Waals surface area contributed by atoms with E-state index in [1.807, 2.05) is 0 Å². The van der Waals surface area contributed by atoms with Crippen LogP contribution in [0.5, 0.6) is 0 Å². The molecule has 0 radical (unpaired) electrons. The molecule has 0 atom stereocenters. The summed E-state index contributed by atoms with van der Waals surface area (Å²) in [5, 5.41) is 8.77. The number of carboxylic acid groups (broad SMARTS) is 1. The second kappa shape index (κ2) is 37.6. The molecule has 0 saturated heterocycles. The van der Waals surface area contributed by atoms with Crippen LogP contribution in [-0.4, -0.2) is 184 Å². The summed E-state index contributed by atoms with van der Waals surface area (Å²) in [5.41, 5.74) is 0. The van der Waals surface area contributed by atoms with Gasteiger partial charge in [-0.2, -0.15) is 0 Å². The molecule has 0 saturated carbocycles. The Balaban J connectivity index is 3.15. The Labute approximate surface area is 319 Å². The third-order valence-electron chi connectivity index (χ3n) is 7.73. The van der Waals surface area contributed by atoms with Gasteiger partial charge in [0.2, 0.25) is 0 Å². The van der Waals surface area contributed by atoms with E-state index in [2.05, 4.69) is 33.9 Å². The van der Waals surface area contributed by atoms with E-state index >= 15 is 0 Å². The highest BCUT2D eigenvalue weighted by Gasteiger charge is 2.36. The summed E-state index contributed by atoms with van der Waals surface area (Å²) in [4.78, 5) is 21.9. The average molecular weight is 789 g/mol. The molecule has 0 aromatic rings. The summed E-state index contributed by atoms with van der Waals surface area (Å²) in [7, 11) is -1.71. The maximum Gasteiger partial charge on any atom is 0.305 e. The van der Waals surface area contributed by atoms with Gasteiger partial charge in [-0.3, -0.25) is 9.59 Å². The van der Waals surface area contributed by atoms with Gasteiger partial charge in [-0.15, -0.1) is 0 Å². The molecule has 0 bridgehead atoms. The van der Waals surface area contributed by atoms with Crippen molar-refractivity contribution in [2.45, 2.75) is 64.6 Å². The number of carboxylic acids is 1. The van der Waals surface area contributed by atoms with Crippen molar-refractivity contribution in [1.82, 2.24) is 0 Å². The van der Waals surface area contributed by atoms with E-state index in [1.165, 1.54) is 0 Å². The predicted molar refractivity (Wildman–Crippen MR) is 199 cm³/mol. The zero-order valence-electron chi connectivity index (χ0n) is 33.4. The van der Waals surface area contributed by atoms with Gasteiger partial charge < -0.3 is 66.4 Å². The maximum atomic E-state index is 11.5. The average Bonchev–Trinajstić information content (AvgIpc) is 3.10. The van der Waals surface area contributed by atoms with Crippen LogP contribution in [0.2, 0.25) is 18.1 Å². The Hall–Kier alpha value is -1.32. The molecule has 0 aromatic heterocycles. The van der Waals surface area contributed by atoms with Crippen LogP contribution in [0.1, 0.15) is 46.5 Å². The highest BCUT2D eigenvalue weighted by molar-refractivity contribution is 6.74. The Morgan fingerprint density at radius 3 is 0.925 bits per heavy atom. The summed E-state index contributed by atoms with van der Waals surface area (Å²) in [6.07, 6.45) is 1.23. The molecule has 0 amide bonds. The lowest BCUT2D eigenvalue weighted by molar-refractivity contribution is -0.146. The van der Waals surface area contributed by atoms with Crippen molar-refractivity contribution in [3.63, 3.8) is 0 Å². The van der Waals surface area contributed by atoms with Crippen LogP contribution in [0.15, 0.2) is 0 Å². The number of hydrogen-bond donors (Lipinski definition) is 1. The van der Waals surface area contributed by atoms with Crippen molar-refractivity contribution in [1.29, 1.82) is 0 Å². The third kappa shape index (κ3) is 38.7. The lowest BCUT2D eigenvalue weighted by Crippen LogP contribution is -2.41. The molecule has 17 heteroatoms. The normalized spacial score (nSPS) is 12.1. The molecule has 1 N–H and O–H groups in total. The molecule has 53 heavy (non-hydrogen) atoms. The fourth-order valence-corrected chi connectivity index (χ4v) is 4.73. The second-order valence-electron chi connectivity index (χ2n) is 13.2. The summed E-state index contributed by atoms with van der Waals surface area (Å²) in [6, 6.07) is 0. The molecule has 0 aliphatic carbocycles. The third-order valence-corrected chi connectivity index (χ3v) is 12.3. The van der Waals surface area contributed by atoms with Crippen LogP contribution >= 0.6 is 0 Å². The lowest BCUT2D eigenvalue weighted by Gasteiger charge is -2.36. The van der Waals surface area contributed by atoms with Gasteiger partial charge in [-0.25, -0.2) is 0 Å². The van der Waals surface area contributed by atoms with Gasteiger partial charge in [0.15, 0.2) is 8.32 Å². The number of carbonyl (C=O) groups is 2. The number of esters is 1. The van der Waals surface area contributed by atoms with Crippen molar-refractivity contribution in [3.8, 4) is 0 Å². The minimum atomic E-state index is -1.71. The van der Waals surface area contributed by atoms with E-state index in [4.69, 9.17) is 66.4 Å². The molecular weight excluding hydrogens is 716 g/mol. The quantitative estimate of drug-likeness (QED) is 0.0541. The smallest absolute Gasteiger partial charge is 0.305 e. The number of hydrogen-bond acceptors (Lipinski definition) is 15. The molecule has 0 aromatic carbocycles. The highest BCUT2D eigenvalue weighted by Crippen LogP contribution is 2.36. The summed E-state index contributed by atoms with van der Waals surface area (Å²) >= 11 is 0. The minimum absolute atomic E-state index is 0.0591. The van der Waals surface area contributed by atoms with Crippen molar-refractivity contribution in [2.75, 3.05) is 159 Å². The van der Waals surface area contributed by atoms with E-state index in [0.29, 0.717) is 158 Å². The fraction of sp³-hybridized carbons (Fsp3) is 0.944. The standard InChI is InChI=1S/C36H72O16Si/c1-36(2,3)53(4,5)52-33-31-50-29-27-48-25-23-46-21-19-44-17-15-42-13-11-40-10-12-41-14-16-43-18-20-45-22-24-47-26-28-49-30-32-51-35(39)9-7-6-8-34(37)38/h6-33H2,1-5H3,(H,37,38). The number of rotatable bonds is 42. The Kier molecular flexibility index (Phi) is 36.7. The van der Waals surface area contributed by atoms with Crippen molar-refractivity contribution >= 4 is 20.3 Å². The zero-order chi connectivity index (χ0) is 39.1. The molecule has 0 rings (SSSR count). The van der Waals surface area contributed by atoms with Crippen LogP contribution in [0, 0.1) is 0 Å². The predicted octanol–water partition coefficient (Wildman–Crippen LogP) is 3.38. The molecule has 0 heterocycles. The van der Waals surface area contributed by atoms with Gasteiger partial charge in [-0.05, 0) is 31.0 Å².